The van der Waals surface area contributed by atoms with Gasteiger partial charge in [0.1, 0.15) is 0 Å². The summed E-state index contributed by atoms with van der Waals surface area (Å²) in [6.07, 6.45) is 0. The van der Waals surface area contributed by atoms with Crippen LogP contribution in [-0.4, -0.2) is 21.0 Å². The topological polar surface area (TPSA) is 134 Å². The quantitative estimate of drug-likeness (QED) is 0.322. The first-order chi connectivity index (χ1) is 11.5. The fourth-order valence-corrected chi connectivity index (χ4v) is 2.50. The number of hydrogen-bond donors (Lipinski definition) is 1. The highest BCUT2D eigenvalue weighted by molar-refractivity contribution is 7.08. The predicted octanol–water partition coefficient (Wildman–Crippen LogP) is 2.65. The minimum atomic E-state index is -0.813. The van der Waals surface area contributed by atoms with E-state index in [9.17, 15) is 14.9 Å². The summed E-state index contributed by atoms with van der Waals surface area (Å²) in [5.41, 5.74) is 6.18. The van der Waals surface area contributed by atoms with Gasteiger partial charge >= 0.3 is 5.97 Å². The van der Waals surface area contributed by atoms with E-state index >= 15 is 0 Å². The first-order valence-corrected chi connectivity index (χ1v) is 7.55. The molecule has 0 aliphatic carbocycles. The van der Waals surface area contributed by atoms with Crippen molar-refractivity contribution in [1.82, 2.24) is 10.1 Å². The van der Waals surface area contributed by atoms with Gasteiger partial charge in [0, 0.05) is 28.8 Å². The molecule has 0 saturated heterocycles. The second kappa shape index (κ2) is 6.46. The van der Waals surface area contributed by atoms with Crippen LogP contribution < -0.4 is 5.73 Å². The van der Waals surface area contributed by atoms with Crippen LogP contribution in [0.5, 0.6) is 0 Å². The average Bonchev–Trinajstić information content (AvgIpc) is 3.24. The number of anilines is 1. The smallest absolute Gasteiger partial charge is 0.341 e. The number of ether oxygens (including phenoxy) is 1. The number of nitrogen functional groups attached to an aromatic ring is 1. The molecular weight excluding hydrogens is 336 g/mol. The molecule has 0 amide bonds. The summed E-state index contributed by atoms with van der Waals surface area (Å²) in [4.78, 5) is 26.3. The van der Waals surface area contributed by atoms with E-state index in [4.69, 9.17) is 15.0 Å². The van der Waals surface area contributed by atoms with Crippen LogP contribution in [0.2, 0.25) is 0 Å². The summed E-state index contributed by atoms with van der Waals surface area (Å²) in [5, 5.41) is 18.3. The van der Waals surface area contributed by atoms with Gasteiger partial charge in [-0.25, -0.2) is 4.79 Å². The number of thiophene rings is 1. The van der Waals surface area contributed by atoms with Gasteiger partial charge in [-0.15, -0.1) is 0 Å². The van der Waals surface area contributed by atoms with Gasteiger partial charge in [0.2, 0.25) is 5.82 Å². The third kappa shape index (κ3) is 3.22. The zero-order valence-electron chi connectivity index (χ0n) is 12.0. The lowest BCUT2D eigenvalue weighted by atomic mass is 10.1. The highest BCUT2D eigenvalue weighted by Crippen LogP contribution is 2.22. The molecule has 0 radical (unpaired) electrons. The van der Waals surface area contributed by atoms with Crippen molar-refractivity contribution in [2.75, 3.05) is 5.73 Å². The molecule has 24 heavy (non-hydrogen) atoms. The number of hydrogen-bond acceptors (Lipinski definition) is 9. The largest absolute Gasteiger partial charge is 0.452 e. The molecule has 0 aliphatic rings. The third-order valence-electron chi connectivity index (χ3n) is 3.04. The third-order valence-corrected chi connectivity index (χ3v) is 3.73. The number of nitrogens with zero attached hydrogens (tertiary/aromatic N) is 3. The van der Waals surface area contributed by atoms with Gasteiger partial charge in [0.15, 0.2) is 6.61 Å². The summed E-state index contributed by atoms with van der Waals surface area (Å²) in [5.74, 6) is -0.322. The van der Waals surface area contributed by atoms with E-state index in [-0.39, 0.29) is 29.4 Å². The molecule has 122 valence electrons. The molecule has 9 nitrogen and oxygen atoms in total. The van der Waals surface area contributed by atoms with E-state index in [0.29, 0.717) is 5.82 Å². The zero-order valence-corrected chi connectivity index (χ0v) is 12.9. The van der Waals surface area contributed by atoms with Gasteiger partial charge in [0.05, 0.1) is 10.5 Å². The number of nitro groups is 1. The van der Waals surface area contributed by atoms with Gasteiger partial charge in [-0.2, -0.15) is 16.3 Å². The Morgan fingerprint density at radius 1 is 1.42 bits per heavy atom. The number of esters is 1. The Morgan fingerprint density at radius 3 is 2.96 bits per heavy atom. The maximum absolute atomic E-state index is 12.0. The number of nitro benzene ring substituents is 1. The van der Waals surface area contributed by atoms with Crippen LogP contribution in [0.4, 0.5) is 11.4 Å². The standard InChI is InChI=1S/C14H10N4O5S/c15-11-2-1-9(18(20)21)5-10(11)14(19)22-6-12-16-13(17-23-12)8-3-4-24-7-8/h1-5,7H,6,15H2. The molecule has 0 fully saturated rings. The Hall–Kier alpha value is -3.27. The second-order valence-electron chi connectivity index (χ2n) is 4.63. The summed E-state index contributed by atoms with van der Waals surface area (Å²) >= 11 is 1.49. The fourth-order valence-electron chi connectivity index (χ4n) is 1.86. The van der Waals surface area contributed by atoms with Crippen LogP contribution in [0.1, 0.15) is 16.2 Å². The van der Waals surface area contributed by atoms with E-state index < -0.39 is 10.9 Å². The van der Waals surface area contributed by atoms with Crippen molar-refractivity contribution in [3.63, 3.8) is 0 Å². The first kappa shape index (κ1) is 15.6. The van der Waals surface area contributed by atoms with E-state index in [0.717, 1.165) is 11.6 Å². The number of non-ortho nitro benzene ring substituents is 1. The van der Waals surface area contributed by atoms with Crippen molar-refractivity contribution in [2.45, 2.75) is 6.61 Å². The molecule has 2 N–H and O–H groups in total. The molecule has 0 unspecified atom stereocenters. The zero-order chi connectivity index (χ0) is 17.1. The first-order valence-electron chi connectivity index (χ1n) is 6.61. The fraction of sp³-hybridized carbons (Fsp3) is 0.0714. The van der Waals surface area contributed by atoms with Gasteiger partial charge < -0.3 is 15.0 Å². The van der Waals surface area contributed by atoms with Crippen LogP contribution in [0.15, 0.2) is 39.5 Å². The number of rotatable bonds is 5. The van der Waals surface area contributed by atoms with Gasteiger partial charge in [-0.3, -0.25) is 10.1 Å². The molecule has 0 aliphatic heterocycles. The van der Waals surface area contributed by atoms with Crippen LogP contribution in [0, 0.1) is 10.1 Å². The van der Waals surface area contributed by atoms with Crippen LogP contribution >= 0.6 is 11.3 Å². The van der Waals surface area contributed by atoms with E-state index in [1.165, 1.54) is 23.5 Å². The lowest BCUT2D eigenvalue weighted by molar-refractivity contribution is -0.384. The SMILES string of the molecule is Nc1ccc([N+](=O)[O-])cc1C(=O)OCc1nc(-c2ccsc2)no1. The number of nitrogens with two attached hydrogens (primary N) is 1. The van der Waals surface area contributed by atoms with E-state index in [2.05, 4.69) is 10.1 Å². The monoisotopic (exact) mass is 346 g/mol. The van der Waals surface area contributed by atoms with Crippen molar-refractivity contribution >= 4 is 28.7 Å². The number of carbonyl (C=O) groups excluding carboxylic acids is 1. The Balaban J connectivity index is 1.70. The lowest BCUT2D eigenvalue weighted by Crippen LogP contribution is -2.09. The molecule has 10 heteroatoms. The summed E-state index contributed by atoms with van der Waals surface area (Å²) in [6, 6.07) is 5.37. The number of benzene rings is 1. The van der Waals surface area contributed by atoms with Crippen molar-refractivity contribution < 1.29 is 19.0 Å². The second-order valence-corrected chi connectivity index (χ2v) is 5.41. The summed E-state index contributed by atoms with van der Waals surface area (Å²) in [7, 11) is 0. The molecular formula is C14H10N4O5S. The maximum Gasteiger partial charge on any atom is 0.341 e. The minimum absolute atomic E-state index is 0.0788. The molecule has 1 aromatic carbocycles. The van der Waals surface area contributed by atoms with E-state index in [1.54, 1.807) is 0 Å². The molecule has 0 atom stereocenters. The molecule has 0 bridgehead atoms. The Kier molecular flexibility index (Phi) is 4.20. The number of aromatic nitrogens is 2. The molecule has 0 saturated carbocycles. The van der Waals surface area contributed by atoms with Crippen LogP contribution in [0.3, 0.4) is 0 Å². The van der Waals surface area contributed by atoms with E-state index in [1.807, 2.05) is 16.8 Å². The van der Waals surface area contributed by atoms with Crippen molar-refractivity contribution in [3.05, 3.63) is 56.6 Å². The highest BCUT2D eigenvalue weighted by Gasteiger charge is 2.18. The Morgan fingerprint density at radius 2 is 2.25 bits per heavy atom. The van der Waals surface area contributed by atoms with Gasteiger partial charge in [0.25, 0.3) is 11.6 Å². The Labute approximate surface area is 138 Å². The van der Waals surface area contributed by atoms with Crippen molar-refractivity contribution in [1.29, 1.82) is 0 Å². The average molecular weight is 346 g/mol. The lowest BCUT2D eigenvalue weighted by Gasteiger charge is -2.04. The molecule has 2 heterocycles. The van der Waals surface area contributed by atoms with Crippen molar-refractivity contribution in [2.24, 2.45) is 0 Å². The van der Waals surface area contributed by atoms with Gasteiger partial charge in [-0.1, -0.05) is 5.16 Å². The molecule has 3 rings (SSSR count). The highest BCUT2D eigenvalue weighted by atomic mass is 32.1. The molecule has 3 aromatic rings. The summed E-state index contributed by atoms with van der Waals surface area (Å²) in [6.45, 7) is -0.266. The minimum Gasteiger partial charge on any atom is -0.452 e. The van der Waals surface area contributed by atoms with Gasteiger partial charge in [-0.05, 0) is 17.5 Å². The molecule has 2 aromatic heterocycles. The normalized spacial score (nSPS) is 10.5. The predicted molar refractivity (Wildman–Crippen MR) is 84.2 cm³/mol. The Bertz CT molecular complexity index is 890. The summed E-state index contributed by atoms with van der Waals surface area (Å²) < 4.78 is 10.0. The maximum atomic E-state index is 12.0. The van der Waals surface area contributed by atoms with Crippen LogP contribution in [0.25, 0.3) is 11.4 Å². The van der Waals surface area contributed by atoms with Crippen LogP contribution in [-0.2, 0) is 11.3 Å². The van der Waals surface area contributed by atoms with Crippen molar-refractivity contribution in [3.8, 4) is 11.4 Å². The number of carbonyl (C=O) groups is 1. The molecule has 0 spiro atoms.